The van der Waals surface area contributed by atoms with Gasteiger partial charge >= 0.3 is 5.91 Å². The average Bonchev–Trinajstić information content (AvgIpc) is 2.61. The summed E-state index contributed by atoms with van der Waals surface area (Å²) in [7, 11) is 1.32. The molecule has 8 heteroatoms. The number of methoxy groups -OCH3 is 1. The summed E-state index contributed by atoms with van der Waals surface area (Å²) >= 11 is 5.87. The number of amides is 1. The Kier molecular flexibility index (Phi) is 4.78. The number of nitrogens with zero attached hydrogens (tertiary/aromatic N) is 3. The number of carbonyl (C=O) groups excluding carboxylic acids is 1. The molecule has 2 aromatic rings. The predicted molar refractivity (Wildman–Crippen MR) is 93.0 cm³/mol. The number of hydrogen-bond acceptors (Lipinski definition) is 6. The predicted octanol–water partition coefficient (Wildman–Crippen LogP) is 2.13. The number of phenolic OH excluding ortho intramolecular Hbond substituents is 1. The summed E-state index contributed by atoms with van der Waals surface area (Å²) in [6, 6.07) is 13.3. The highest BCUT2D eigenvalue weighted by Crippen LogP contribution is 2.31. The molecule has 1 aliphatic rings. The number of halogens is 1. The van der Waals surface area contributed by atoms with E-state index in [0.717, 1.165) is 10.6 Å². The summed E-state index contributed by atoms with van der Waals surface area (Å²) < 4.78 is 5.03. The van der Waals surface area contributed by atoms with Gasteiger partial charge in [0, 0.05) is 5.02 Å². The van der Waals surface area contributed by atoms with Gasteiger partial charge in [0.1, 0.15) is 11.4 Å². The van der Waals surface area contributed by atoms with Crippen molar-refractivity contribution >= 4 is 29.1 Å². The van der Waals surface area contributed by atoms with Crippen molar-refractivity contribution in [3.63, 3.8) is 0 Å². The summed E-state index contributed by atoms with van der Waals surface area (Å²) in [5, 5.41) is 26.4. The molecule has 1 unspecified atom stereocenters. The van der Waals surface area contributed by atoms with Crippen LogP contribution < -0.4 is 5.01 Å². The van der Waals surface area contributed by atoms with Gasteiger partial charge in [0.15, 0.2) is 0 Å². The summed E-state index contributed by atoms with van der Waals surface area (Å²) in [6.45, 7) is 0.115. The number of hydrazone groups is 1. The SMILES string of the molecule is COC1=NN(c2ccccc2O)C(O)N(Cc2ccc(Cl)cc2)C1=O. The topological polar surface area (TPSA) is 85.6 Å². The van der Waals surface area contributed by atoms with Crippen LogP contribution in [0.15, 0.2) is 53.6 Å². The number of rotatable bonds is 3. The number of benzene rings is 2. The zero-order valence-corrected chi connectivity index (χ0v) is 14.1. The second-order valence-corrected chi connectivity index (χ2v) is 5.78. The van der Waals surface area contributed by atoms with Crippen molar-refractivity contribution in [2.45, 2.75) is 12.9 Å². The van der Waals surface area contributed by atoms with Crippen LogP contribution in [0.25, 0.3) is 0 Å². The first-order chi connectivity index (χ1) is 12.0. The lowest BCUT2D eigenvalue weighted by Crippen LogP contribution is -2.55. The molecule has 2 aromatic carbocycles. The number of ether oxygens (including phenoxy) is 1. The molecule has 130 valence electrons. The number of phenols is 1. The minimum absolute atomic E-state index is 0.0819. The fraction of sp³-hybridized carbons (Fsp3) is 0.176. The van der Waals surface area contributed by atoms with Crippen molar-refractivity contribution in [1.82, 2.24) is 4.90 Å². The highest BCUT2D eigenvalue weighted by molar-refractivity contribution is 6.35. The molecule has 3 rings (SSSR count). The van der Waals surface area contributed by atoms with Crippen LogP contribution in [-0.4, -0.2) is 40.4 Å². The molecule has 1 amide bonds. The molecule has 0 aliphatic carbocycles. The van der Waals surface area contributed by atoms with Crippen LogP contribution in [-0.2, 0) is 16.1 Å². The van der Waals surface area contributed by atoms with Gasteiger partial charge in [-0.15, -0.1) is 5.10 Å². The second kappa shape index (κ2) is 7.00. The van der Waals surface area contributed by atoms with E-state index in [9.17, 15) is 15.0 Å². The first kappa shape index (κ1) is 17.1. The maximum Gasteiger partial charge on any atom is 0.314 e. The maximum absolute atomic E-state index is 12.5. The zero-order chi connectivity index (χ0) is 18.0. The second-order valence-electron chi connectivity index (χ2n) is 5.35. The Labute approximate surface area is 149 Å². The highest BCUT2D eigenvalue weighted by atomic mass is 35.5. The molecule has 1 atom stereocenters. The number of para-hydroxylation sites is 2. The van der Waals surface area contributed by atoms with Crippen molar-refractivity contribution in [3.05, 3.63) is 59.1 Å². The van der Waals surface area contributed by atoms with Gasteiger partial charge in [-0.3, -0.25) is 9.69 Å². The summed E-state index contributed by atoms with van der Waals surface area (Å²) in [5.74, 6) is -0.833. The molecule has 1 heterocycles. The summed E-state index contributed by atoms with van der Waals surface area (Å²) in [4.78, 5) is 13.7. The van der Waals surface area contributed by atoms with Gasteiger partial charge < -0.3 is 14.9 Å². The van der Waals surface area contributed by atoms with Crippen molar-refractivity contribution in [1.29, 1.82) is 0 Å². The quantitative estimate of drug-likeness (QED) is 0.874. The number of aliphatic hydroxyl groups excluding tert-OH is 1. The lowest BCUT2D eigenvalue weighted by atomic mass is 10.2. The van der Waals surface area contributed by atoms with Gasteiger partial charge in [-0.1, -0.05) is 35.9 Å². The van der Waals surface area contributed by atoms with Gasteiger partial charge in [-0.2, -0.15) is 0 Å². The Morgan fingerprint density at radius 2 is 1.88 bits per heavy atom. The van der Waals surface area contributed by atoms with E-state index >= 15 is 0 Å². The number of carbonyl (C=O) groups is 1. The Morgan fingerprint density at radius 1 is 1.20 bits per heavy atom. The van der Waals surface area contributed by atoms with Gasteiger partial charge in [-0.05, 0) is 29.8 Å². The third-order valence-corrected chi connectivity index (χ3v) is 3.98. The van der Waals surface area contributed by atoms with Gasteiger partial charge in [0.05, 0.1) is 13.7 Å². The van der Waals surface area contributed by atoms with E-state index in [0.29, 0.717) is 5.02 Å². The molecule has 0 radical (unpaired) electrons. The van der Waals surface area contributed by atoms with Crippen molar-refractivity contribution in [3.8, 4) is 5.75 Å². The van der Waals surface area contributed by atoms with Crippen molar-refractivity contribution < 1.29 is 19.7 Å². The molecular weight excluding hydrogens is 346 g/mol. The van der Waals surface area contributed by atoms with E-state index in [-0.39, 0.29) is 23.9 Å². The van der Waals surface area contributed by atoms with Crippen LogP contribution in [0.5, 0.6) is 5.75 Å². The number of hydrogen-bond donors (Lipinski definition) is 2. The standard InChI is InChI=1S/C17H16ClN3O4/c1-25-15-16(23)20(10-11-6-8-12(18)9-7-11)17(24)21(19-15)13-4-2-3-5-14(13)22/h2-9,17,22,24H,10H2,1H3. The van der Waals surface area contributed by atoms with E-state index in [2.05, 4.69) is 5.10 Å². The van der Waals surface area contributed by atoms with E-state index in [4.69, 9.17) is 16.3 Å². The molecule has 0 bridgehead atoms. The third-order valence-electron chi connectivity index (χ3n) is 3.73. The summed E-state index contributed by atoms with van der Waals surface area (Å²) in [5.41, 5.74) is 1.02. The smallest absolute Gasteiger partial charge is 0.314 e. The largest absolute Gasteiger partial charge is 0.506 e. The molecule has 0 spiro atoms. The third kappa shape index (κ3) is 3.38. The highest BCUT2D eigenvalue weighted by Gasteiger charge is 2.37. The first-order valence-electron chi connectivity index (χ1n) is 7.44. The summed E-state index contributed by atoms with van der Waals surface area (Å²) in [6.07, 6.45) is -1.41. The minimum Gasteiger partial charge on any atom is -0.506 e. The molecule has 0 saturated heterocycles. The Bertz CT molecular complexity index is 810. The van der Waals surface area contributed by atoms with E-state index in [1.807, 2.05) is 0 Å². The Hall–Kier alpha value is -2.77. The van der Waals surface area contributed by atoms with Gasteiger partial charge in [0.25, 0.3) is 5.90 Å². The molecule has 25 heavy (non-hydrogen) atoms. The number of aliphatic hydroxyl groups is 1. The van der Waals surface area contributed by atoms with Crippen LogP contribution in [0.4, 0.5) is 5.69 Å². The maximum atomic E-state index is 12.5. The van der Waals surface area contributed by atoms with Crippen LogP contribution >= 0.6 is 11.6 Å². The first-order valence-corrected chi connectivity index (χ1v) is 7.82. The van der Waals surface area contributed by atoms with E-state index in [1.165, 1.54) is 18.1 Å². The molecule has 7 nitrogen and oxygen atoms in total. The molecule has 2 N–H and O–H groups in total. The van der Waals surface area contributed by atoms with Gasteiger partial charge in [0.2, 0.25) is 6.35 Å². The molecule has 0 saturated carbocycles. The monoisotopic (exact) mass is 361 g/mol. The van der Waals surface area contributed by atoms with Crippen molar-refractivity contribution in [2.24, 2.45) is 5.10 Å². The normalized spacial score (nSPS) is 17.5. The average molecular weight is 362 g/mol. The molecule has 0 aromatic heterocycles. The lowest BCUT2D eigenvalue weighted by Gasteiger charge is -2.37. The fourth-order valence-corrected chi connectivity index (χ4v) is 2.58. The van der Waals surface area contributed by atoms with Gasteiger partial charge in [-0.25, -0.2) is 5.01 Å². The van der Waals surface area contributed by atoms with Crippen molar-refractivity contribution in [2.75, 3.05) is 12.1 Å². The van der Waals surface area contributed by atoms with E-state index in [1.54, 1.807) is 42.5 Å². The minimum atomic E-state index is -1.41. The Balaban J connectivity index is 1.96. The molecular formula is C17H16ClN3O4. The zero-order valence-electron chi connectivity index (χ0n) is 13.3. The van der Waals surface area contributed by atoms with E-state index < -0.39 is 12.3 Å². The fourth-order valence-electron chi connectivity index (χ4n) is 2.46. The lowest BCUT2D eigenvalue weighted by molar-refractivity contribution is -0.138. The number of aromatic hydroxyl groups is 1. The number of anilines is 1. The Morgan fingerprint density at radius 3 is 2.52 bits per heavy atom. The van der Waals surface area contributed by atoms with Crippen LogP contribution in [0.2, 0.25) is 5.02 Å². The van der Waals surface area contributed by atoms with Crippen LogP contribution in [0.1, 0.15) is 5.56 Å². The van der Waals surface area contributed by atoms with Crippen LogP contribution in [0.3, 0.4) is 0 Å². The van der Waals surface area contributed by atoms with Crippen LogP contribution in [0, 0.1) is 0 Å². The molecule has 1 aliphatic heterocycles. The molecule has 0 fully saturated rings.